The van der Waals surface area contributed by atoms with E-state index in [0.29, 0.717) is 0 Å². The largest absolute Gasteiger partial charge is 0.274 e. The lowest BCUT2D eigenvalue weighted by Gasteiger charge is -2.38. The molecule has 1 aromatic carbocycles. The Morgan fingerprint density at radius 3 is 2.60 bits per heavy atom. The third kappa shape index (κ3) is 1.78. The summed E-state index contributed by atoms with van der Waals surface area (Å²) in [5, 5.41) is 10.9. The van der Waals surface area contributed by atoms with E-state index in [4.69, 9.17) is 0 Å². The summed E-state index contributed by atoms with van der Waals surface area (Å²) < 4.78 is 0.765. The van der Waals surface area contributed by atoms with Crippen LogP contribution in [0.3, 0.4) is 0 Å². The second-order valence-electron chi connectivity index (χ2n) is 4.33. The van der Waals surface area contributed by atoms with Crippen molar-refractivity contribution in [1.29, 1.82) is 0 Å². The lowest BCUT2D eigenvalue weighted by atomic mass is 9.65. The molecule has 80 valence electrons. The van der Waals surface area contributed by atoms with Gasteiger partial charge in [-0.1, -0.05) is 35.3 Å². The Hall–Kier alpha value is -0.900. The minimum absolute atomic E-state index is 0.0170. The molecule has 0 aromatic heterocycles. The van der Waals surface area contributed by atoms with Gasteiger partial charge in [-0.15, -0.1) is 0 Å². The summed E-state index contributed by atoms with van der Waals surface area (Å²) in [6.07, 6.45) is 3.27. The van der Waals surface area contributed by atoms with Crippen LogP contribution in [0, 0.1) is 10.1 Å². The molecule has 0 amide bonds. The van der Waals surface area contributed by atoms with Crippen molar-refractivity contribution in [3.05, 3.63) is 38.3 Å². The van der Waals surface area contributed by atoms with Crippen LogP contribution in [0.25, 0.3) is 0 Å². The number of nitrogens with zero attached hydrogens (tertiary/aromatic N) is 1. The zero-order chi connectivity index (χ0) is 11.1. The van der Waals surface area contributed by atoms with Gasteiger partial charge in [-0.25, -0.2) is 0 Å². The van der Waals surface area contributed by atoms with Gasteiger partial charge in [0, 0.05) is 16.1 Å². The predicted molar refractivity (Wildman–Crippen MR) is 62.0 cm³/mol. The van der Waals surface area contributed by atoms with Crippen LogP contribution in [0.2, 0.25) is 0 Å². The van der Waals surface area contributed by atoms with Crippen LogP contribution in [-0.2, 0) is 5.41 Å². The third-order valence-electron chi connectivity index (χ3n) is 3.26. The van der Waals surface area contributed by atoms with Crippen molar-refractivity contribution < 1.29 is 4.92 Å². The molecule has 0 bridgehead atoms. The maximum atomic E-state index is 10.9. The normalized spacial score (nSPS) is 18.3. The quantitative estimate of drug-likeness (QED) is 0.606. The minimum atomic E-state index is -0.288. The van der Waals surface area contributed by atoms with Crippen molar-refractivity contribution in [2.45, 2.75) is 31.6 Å². The highest BCUT2D eigenvalue weighted by Crippen LogP contribution is 2.46. The molecule has 0 atom stereocenters. The minimum Gasteiger partial charge on any atom is -0.258 e. The van der Waals surface area contributed by atoms with Crippen molar-refractivity contribution in [1.82, 2.24) is 0 Å². The van der Waals surface area contributed by atoms with Crippen LogP contribution in [0.1, 0.15) is 31.7 Å². The molecule has 0 unspecified atom stereocenters. The van der Waals surface area contributed by atoms with Gasteiger partial charge in [0.15, 0.2) is 0 Å². The summed E-state index contributed by atoms with van der Waals surface area (Å²) >= 11 is 3.27. The van der Waals surface area contributed by atoms with Gasteiger partial charge in [-0.2, -0.15) is 0 Å². The van der Waals surface area contributed by atoms with Gasteiger partial charge in [0.1, 0.15) is 0 Å². The van der Waals surface area contributed by atoms with E-state index in [1.807, 2.05) is 12.1 Å². The molecule has 0 aliphatic heterocycles. The number of rotatable bonds is 2. The van der Waals surface area contributed by atoms with Gasteiger partial charge in [0.2, 0.25) is 0 Å². The smallest absolute Gasteiger partial charge is 0.258 e. The molecular formula is C11H12BrNO2. The molecule has 1 aliphatic rings. The van der Waals surface area contributed by atoms with Crippen LogP contribution in [-0.4, -0.2) is 4.92 Å². The molecule has 0 spiro atoms. The summed E-state index contributed by atoms with van der Waals surface area (Å²) in [5.74, 6) is 0. The number of halogens is 1. The molecule has 0 radical (unpaired) electrons. The summed E-state index contributed by atoms with van der Waals surface area (Å²) in [7, 11) is 0. The van der Waals surface area contributed by atoms with Crippen molar-refractivity contribution in [3.63, 3.8) is 0 Å². The first kappa shape index (κ1) is 10.6. The number of nitro groups is 1. The van der Waals surface area contributed by atoms with E-state index in [-0.39, 0.29) is 16.0 Å². The van der Waals surface area contributed by atoms with Gasteiger partial charge in [-0.05, 0) is 24.3 Å². The molecule has 15 heavy (non-hydrogen) atoms. The molecular weight excluding hydrogens is 258 g/mol. The molecule has 0 saturated heterocycles. The topological polar surface area (TPSA) is 43.1 Å². The molecule has 0 N–H and O–H groups in total. The predicted octanol–water partition coefficient (Wildman–Crippen LogP) is 3.80. The Morgan fingerprint density at radius 2 is 2.13 bits per heavy atom. The first-order valence-corrected chi connectivity index (χ1v) is 5.77. The second kappa shape index (κ2) is 3.59. The van der Waals surface area contributed by atoms with E-state index < -0.39 is 0 Å². The van der Waals surface area contributed by atoms with E-state index in [1.54, 1.807) is 6.07 Å². The Bertz CT molecular complexity index is 413. The molecule has 2 rings (SSSR count). The fraction of sp³-hybridized carbons (Fsp3) is 0.455. The van der Waals surface area contributed by atoms with Crippen LogP contribution in [0.15, 0.2) is 22.7 Å². The Kier molecular flexibility index (Phi) is 2.54. The zero-order valence-electron chi connectivity index (χ0n) is 8.50. The maximum Gasteiger partial charge on any atom is 0.274 e. The summed E-state index contributed by atoms with van der Waals surface area (Å²) in [6, 6.07) is 5.35. The van der Waals surface area contributed by atoms with E-state index in [1.165, 1.54) is 6.42 Å². The number of hydrogen-bond acceptors (Lipinski definition) is 2. The Labute approximate surface area is 96.8 Å². The lowest BCUT2D eigenvalue weighted by molar-refractivity contribution is -0.386. The molecule has 4 heteroatoms. The van der Waals surface area contributed by atoms with Crippen LogP contribution in [0.5, 0.6) is 0 Å². The van der Waals surface area contributed by atoms with Gasteiger partial charge < -0.3 is 0 Å². The fourth-order valence-electron chi connectivity index (χ4n) is 2.14. The van der Waals surface area contributed by atoms with Crippen molar-refractivity contribution in [2.75, 3.05) is 0 Å². The third-order valence-corrected chi connectivity index (χ3v) is 3.76. The van der Waals surface area contributed by atoms with E-state index in [2.05, 4.69) is 22.9 Å². The van der Waals surface area contributed by atoms with Crippen molar-refractivity contribution in [3.8, 4) is 0 Å². The van der Waals surface area contributed by atoms with Gasteiger partial charge in [0.25, 0.3) is 5.69 Å². The molecule has 1 fully saturated rings. The van der Waals surface area contributed by atoms with Gasteiger partial charge in [-0.3, -0.25) is 10.1 Å². The number of benzene rings is 1. The van der Waals surface area contributed by atoms with Gasteiger partial charge >= 0.3 is 0 Å². The first-order valence-electron chi connectivity index (χ1n) is 4.97. The average molecular weight is 270 g/mol. The summed E-state index contributed by atoms with van der Waals surface area (Å²) in [5.41, 5.74) is 1.14. The van der Waals surface area contributed by atoms with Crippen LogP contribution in [0.4, 0.5) is 5.69 Å². The average Bonchev–Trinajstić information content (AvgIpc) is 2.14. The van der Waals surface area contributed by atoms with E-state index in [0.717, 1.165) is 22.9 Å². The molecule has 1 aliphatic carbocycles. The summed E-state index contributed by atoms with van der Waals surface area (Å²) in [6.45, 7) is 2.10. The zero-order valence-corrected chi connectivity index (χ0v) is 10.1. The highest BCUT2D eigenvalue weighted by molar-refractivity contribution is 9.10. The highest BCUT2D eigenvalue weighted by Gasteiger charge is 2.38. The maximum absolute atomic E-state index is 10.9. The van der Waals surface area contributed by atoms with E-state index >= 15 is 0 Å². The standard InChI is InChI=1S/C11H12BrNO2/c1-11(5-2-6-11)9-4-3-8(12)7-10(9)13(14)15/h3-4,7H,2,5-6H2,1H3. The second-order valence-corrected chi connectivity index (χ2v) is 5.25. The van der Waals surface area contributed by atoms with Crippen LogP contribution >= 0.6 is 15.9 Å². The van der Waals surface area contributed by atoms with E-state index in [9.17, 15) is 10.1 Å². The van der Waals surface area contributed by atoms with Gasteiger partial charge in [0.05, 0.1) is 4.92 Å². The monoisotopic (exact) mass is 269 g/mol. The molecule has 1 aromatic rings. The van der Waals surface area contributed by atoms with Crippen LogP contribution < -0.4 is 0 Å². The summed E-state index contributed by atoms with van der Waals surface area (Å²) in [4.78, 5) is 10.7. The number of nitro benzene ring substituents is 1. The molecule has 1 saturated carbocycles. The molecule has 3 nitrogen and oxygen atoms in total. The Morgan fingerprint density at radius 1 is 1.47 bits per heavy atom. The molecule has 0 heterocycles. The first-order chi connectivity index (χ1) is 7.03. The fourth-order valence-corrected chi connectivity index (χ4v) is 2.49. The highest BCUT2D eigenvalue weighted by atomic mass is 79.9. The SMILES string of the molecule is CC1(c2ccc(Br)cc2[N+](=O)[O-])CCC1. The van der Waals surface area contributed by atoms with Crippen molar-refractivity contribution >= 4 is 21.6 Å². The van der Waals surface area contributed by atoms with Crippen molar-refractivity contribution in [2.24, 2.45) is 0 Å². The lowest BCUT2D eigenvalue weighted by Crippen LogP contribution is -2.31. The number of hydrogen-bond donors (Lipinski definition) is 0. The Balaban J connectivity index is 2.50.